The van der Waals surface area contributed by atoms with Crippen LogP contribution in [0.15, 0.2) is 64.8 Å². The van der Waals surface area contributed by atoms with Crippen molar-refractivity contribution in [3.8, 4) is 0 Å². The van der Waals surface area contributed by atoms with Gasteiger partial charge in [0.2, 0.25) is 17.8 Å². The van der Waals surface area contributed by atoms with E-state index in [4.69, 9.17) is 4.98 Å². The number of hydrogen-bond acceptors (Lipinski definition) is 10. The van der Waals surface area contributed by atoms with Gasteiger partial charge < -0.3 is 15.1 Å². The summed E-state index contributed by atoms with van der Waals surface area (Å²) in [7, 11) is 0. The van der Waals surface area contributed by atoms with Gasteiger partial charge in [-0.05, 0) is 74.0 Å². The SMILES string of the molecule is Cc1cnc(Nc2nc(Sc3ccc(NC(=O)C4CC4)cc3)nc(N3CCN(c4cccc(C(F)(F)F)c4)CC3)n2)s1. The van der Waals surface area contributed by atoms with Crippen LogP contribution in [0.4, 0.5) is 41.6 Å². The summed E-state index contributed by atoms with van der Waals surface area (Å²) in [5.41, 5.74) is 0.621. The third kappa shape index (κ3) is 6.93. The lowest BCUT2D eigenvalue weighted by molar-refractivity contribution is -0.137. The predicted molar refractivity (Wildman–Crippen MR) is 158 cm³/mol. The average molecular weight is 613 g/mol. The van der Waals surface area contributed by atoms with Crippen LogP contribution in [0.25, 0.3) is 0 Å². The molecule has 2 aliphatic rings. The zero-order chi connectivity index (χ0) is 29.3. The van der Waals surface area contributed by atoms with Gasteiger partial charge >= 0.3 is 6.18 Å². The Balaban J connectivity index is 1.18. The van der Waals surface area contributed by atoms with Crippen molar-refractivity contribution in [2.75, 3.05) is 46.6 Å². The van der Waals surface area contributed by atoms with Crippen molar-refractivity contribution in [2.45, 2.75) is 36.0 Å². The summed E-state index contributed by atoms with van der Waals surface area (Å²) in [4.78, 5) is 36.3. The Morgan fingerprint density at radius 3 is 2.40 bits per heavy atom. The minimum atomic E-state index is -4.39. The van der Waals surface area contributed by atoms with E-state index < -0.39 is 11.7 Å². The Bertz CT molecular complexity index is 1570. The maximum Gasteiger partial charge on any atom is 0.416 e. The normalized spacial score (nSPS) is 15.5. The van der Waals surface area contributed by atoms with Gasteiger partial charge in [-0.15, -0.1) is 11.3 Å². The lowest BCUT2D eigenvalue weighted by Gasteiger charge is -2.36. The molecule has 2 aromatic heterocycles. The van der Waals surface area contributed by atoms with E-state index in [1.165, 1.54) is 35.2 Å². The summed E-state index contributed by atoms with van der Waals surface area (Å²) in [6, 6.07) is 12.9. The molecule has 0 bridgehead atoms. The van der Waals surface area contributed by atoms with Crippen molar-refractivity contribution in [2.24, 2.45) is 5.92 Å². The zero-order valence-electron chi connectivity index (χ0n) is 22.6. The number of piperazine rings is 1. The second-order valence-electron chi connectivity index (χ2n) is 10.1. The summed E-state index contributed by atoms with van der Waals surface area (Å²) in [5.74, 6) is 1.01. The molecule has 2 N–H and O–H groups in total. The number of alkyl halides is 3. The monoisotopic (exact) mass is 612 g/mol. The van der Waals surface area contributed by atoms with Gasteiger partial charge in [0.25, 0.3) is 0 Å². The average Bonchev–Trinajstić information content (AvgIpc) is 3.75. The van der Waals surface area contributed by atoms with Crippen molar-refractivity contribution in [1.29, 1.82) is 0 Å². The largest absolute Gasteiger partial charge is 0.416 e. The van der Waals surface area contributed by atoms with Crippen LogP contribution in [0.3, 0.4) is 0 Å². The number of nitrogens with zero attached hydrogens (tertiary/aromatic N) is 6. The minimum Gasteiger partial charge on any atom is -0.368 e. The van der Waals surface area contributed by atoms with E-state index in [0.29, 0.717) is 54.1 Å². The number of nitrogens with one attached hydrogen (secondary N) is 2. The first-order valence-corrected chi connectivity index (χ1v) is 15.0. The molecule has 2 aromatic carbocycles. The third-order valence-corrected chi connectivity index (χ3v) is 8.52. The first-order chi connectivity index (χ1) is 20.2. The topological polar surface area (TPSA) is 99.2 Å². The molecule has 0 spiro atoms. The van der Waals surface area contributed by atoms with E-state index in [1.807, 2.05) is 41.0 Å². The van der Waals surface area contributed by atoms with Crippen LogP contribution < -0.4 is 20.4 Å². The molecule has 218 valence electrons. The van der Waals surface area contributed by atoms with Crippen LogP contribution in [0.2, 0.25) is 0 Å². The minimum absolute atomic E-state index is 0.0544. The van der Waals surface area contributed by atoms with Gasteiger partial charge in [-0.1, -0.05) is 6.07 Å². The van der Waals surface area contributed by atoms with Crippen molar-refractivity contribution < 1.29 is 18.0 Å². The molecule has 0 unspecified atom stereocenters. The summed E-state index contributed by atoms with van der Waals surface area (Å²) < 4.78 is 39.7. The summed E-state index contributed by atoms with van der Waals surface area (Å²) in [6.45, 7) is 4.03. The first kappa shape index (κ1) is 28.2. The molecule has 1 saturated carbocycles. The highest BCUT2D eigenvalue weighted by molar-refractivity contribution is 7.99. The predicted octanol–water partition coefficient (Wildman–Crippen LogP) is 6.23. The van der Waals surface area contributed by atoms with Crippen molar-refractivity contribution in [3.63, 3.8) is 0 Å². The molecule has 0 atom stereocenters. The number of benzene rings is 2. The second-order valence-corrected chi connectivity index (χ2v) is 12.3. The molecule has 6 rings (SSSR count). The number of amides is 1. The number of aryl methyl sites for hydroxylation is 1. The Labute approximate surface area is 248 Å². The standard InChI is InChI=1S/C28H27F3N8OS2/c1-17-16-32-26(41-17)35-24-34-25(39-13-11-38(12-14-39)21-4-2-3-19(15-21)28(29,30)31)37-27(36-24)42-22-9-7-20(8-10-22)33-23(40)18-5-6-18/h2-4,7-10,15-16,18H,5-6,11-14H2,1H3,(H,33,40)(H,32,34,35,36,37). The Hall–Kier alpha value is -3.91. The second kappa shape index (κ2) is 11.8. The number of halogens is 3. The number of anilines is 5. The van der Waals surface area contributed by atoms with Crippen LogP contribution in [-0.2, 0) is 11.0 Å². The van der Waals surface area contributed by atoms with Crippen LogP contribution in [0, 0.1) is 12.8 Å². The highest BCUT2D eigenvalue weighted by Crippen LogP contribution is 2.34. The van der Waals surface area contributed by atoms with E-state index in [2.05, 4.69) is 25.6 Å². The molecule has 3 heterocycles. The Morgan fingerprint density at radius 2 is 1.74 bits per heavy atom. The molecule has 14 heteroatoms. The fourth-order valence-electron chi connectivity index (χ4n) is 4.44. The molecular formula is C28H27F3N8OS2. The Morgan fingerprint density at radius 1 is 1.00 bits per heavy atom. The molecule has 1 amide bonds. The summed E-state index contributed by atoms with van der Waals surface area (Å²) in [5, 5.41) is 7.25. The van der Waals surface area contributed by atoms with E-state index in [1.54, 1.807) is 12.3 Å². The molecule has 1 saturated heterocycles. The fourth-order valence-corrected chi connectivity index (χ4v) is 5.84. The number of carbonyl (C=O) groups excluding carboxylic acids is 1. The van der Waals surface area contributed by atoms with Crippen LogP contribution in [0.1, 0.15) is 23.3 Å². The van der Waals surface area contributed by atoms with Gasteiger partial charge in [0.1, 0.15) is 0 Å². The van der Waals surface area contributed by atoms with E-state index >= 15 is 0 Å². The maximum absolute atomic E-state index is 13.2. The van der Waals surface area contributed by atoms with Gasteiger partial charge in [0.05, 0.1) is 5.56 Å². The molecule has 2 fully saturated rings. The smallest absolute Gasteiger partial charge is 0.368 e. The summed E-state index contributed by atoms with van der Waals surface area (Å²) in [6.07, 6.45) is -0.736. The van der Waals surface area contributed by atoms with Gasteiger partial charge in [-0.25, -0.2) is 4.98 Å². The lowest BCUT2D eigenvalue weighted by Crippen LogP contribution is -2.47. The van der Waals surface area contributed by atoms with Crippen LogP contribution >= 0.6 is 23.1 Å². The highest BCUT2D eigenvalue weighted by atomic mass is 32.2. The molecule has 1 aliphatic heterocycles. The van der Waals surface area contributed by atoms with Crippen molar-refractivity contribution >= 4 is 57.4 Å². The number of rotatable bonds is 8. The fraction of sp³-hybridized carbons (Fsp3) is 0.321. The van der Waals surface area contributed by atoms with Gasteiger partial charge in [-0.2, -0.15) is 28.1 Å². The molecular weight excluding hydrogens is 585 g/mol. The van der Waals surface area contributed by atoms with E-state index in [0.717, 1.165) is 34.4 Å². The third-order valence-electron chi connectivity index (χ3n) is 6.82. The first-order valence-electron chi connectivity index (χ1n) is 13.4. The maximum atomic E-state index is 13.2. The Kier molecular flexibility index (Phi) is 7.90. The highest BCUT2D eigenvalue weighted by Gasteiger charge is 2.31. The number of carbonyl (C=O) groups is 1. The molecule has 42 heavy (non-hydrogen) atoms. The lowest BCUT2D eigenvalue weighted by atomic mass is 10.1. The van der Waals surface area contributed by atoms with Crippen LogP contribution in [-0.4, -0.2) is 52.0 Å². The van der Waals surface area contributed by atoms with E-state index in [9.17, 15) is 18.0 Å². The van der Waals surface area contributed by atoms with Crippen LogP contribution in [0.5, 0.6) is 0 Å². The zero-order valence-corrected chi connectivity index (χ0v) is 24.2. The number of aromatic nitrogens is 4. The quantitative estimate of drug-likeness (QED) is 0.240. The van der Waals surface area contributed by atoms with E-state index in [-0.39, 0.29) is 11.8 Å². The molecule has 4 aromatic rings. The van der Waals surface area contributed by atoms with Gasteiger partial charge in [0.15, 0.2) is 10.3 Å². The summed E-state index contributed by atoms with van der Waals surface area (Å²) >= 11 is 2.85. The number of thiazole rings is 1. The van der Waals surface area contributed by atoms with Crippen molar-refractivity contribution in [3.05, 3.63) is 65.2 Å². The molecule has 0 radical (unpaired) electrons. The van der Waals surface area contributed by atoms with Crippen molar-refractivity contribution in [1.82, 2.24) is 19.9 Å². The number of hydrogen-bond donors (Lipinski definition) is 2. The molecule has 1 aliphatic carbocycles. The molecule has 9 nitrogen and oxygen atoms in total. The van der Waals surface area contributed by atoms with Gasteiger partial charge in [0, 0.05) is 59.4 Å². The van der Waals surface area contributed by atoms with Gasteiger partial charge in [-0.3, -0.25) is 10.1 Å².